The average molecular weight is 422 g/mol. The SMILES string of the molecule is Cc1cc(OC(=O)OCc2ccccc2)c(C)n1CCNC(=O)OCc1ccccc1. The monoisotopic (exact) mass is 422 g/mol. The minimum Gasteiger partial charge on any atom is -0.445 e. The van der Waals surface area contributed by atoms with E-state index < -0.39 is 12.2 Å². The van der Waals surface area contributed by atoms with Crippen LogP contribution in [0, 0.1) is 13.8 Å². The second-order valence-electron chi connectivity index (χ2n) is 7.00. The zero-order valence-corrected chi connectivity index (χ0v) is 17.7. The number of hydrogen-bond acceptors (Lipinski definition) is 5. The Bertz CT molecular complexity index is 1000. The molecule has 0 fully saturated rings. The number of carbonyl (C=O) groups excluding carboxylic acids is 2. The minimum atomic E-state index is -0.758. The van der Waals surface area contributed by atoms with Crippen molar-refractivity contribution in [2.45, 2.75) is 33.6 Å². The van der Waals surface area contributed by atoms with Gasteiger partial charge in [0.2, 0.25) is 0 Å². The third-order valence-electron chi connectivity index (χ3n) is 4.74. The fraction of sp³-hybridized carbons (Fsp3) is 0.250. The van der Waals surface area contributed by atoms with Crippen LogP contribution in [0.4, 0.5) is 9.59 Å². The average Bonchev–Trinajstić information content (AvgIpc) is 3.05. The van der Waals surface area contributed by atoms with Crippen LogP contribution >= 0.6 is 0 Å². The van der Waals surface area contributed by atoms with E-state index in [9.17, 15) is 9.59 Å². The maximum atomic E-state index is 12.0. The number of benzene rings is 2. The quantitative estimate of drug-likeness (QED) is 0.530. The van der Waals surface area contributed by atoms with Gasteiger partial charge in [-0.05, 0) is 25.0 Å². The van der Waals surface area contributed by atoms with Crippen LogP contribution in [0.3, 0.4) is 0 Å². The zero-order valence-electron chi connectivity index (χ0n) is 17.7. The van der Waals surface area contributed by atoms with Gasteiger partial charge in [0, 0.05) is 24.8 Å². The number of nitrogens with one attached hydrogen (secondary N) is 1. The van der Waals surface area contributed by atoms with Gasteiger partial charge in [0.15, 0.2) is 5.75 Å². The van der Waals surface area contributed by atoms with Crippen molar-refractivity contribution in [1.29, 1.82) is 0 Å². The lowest BCUT2D eigenvalue weighted by Crippen LogP contribution is -2.28. The number of amides is 1. The summed E-state index contributed by atoms with van der Waals surface area (Å²) in [5, 5.41) is 2.73. The molecule has 1 aromatic heterocycles. The third-order valence-corrected chi connectivity index (χ3v) is 4.74. The fourth-order valence-corrected chi connectivity index (χ4v) is 3.10. The molecule has 0 radical (unpaired) electrons. The molecule has 162 valence electrons. The molecule has 0 saturated carbocycles. The summed E-state index contributed by atoms with van der Waals surface area (Å²) < 4.78 is 17.7. The van der Waals surface area contributed by atoms with Crippen molar-refractivity contribution in [2.75, 3.05) is 6.54 Å². The van der Waals surface area contributed by atoms with Gasteiger partial charge in [-0.1, -0.05) is 60.7 Å². The third kappa shape index (κ3) is 6.64. The summed E-state index contributed by atoms with van der Waals surface area (Å²) in [5.41, 5.74) is 3.49. The summed E-state index contributed by atoms with van der Waals surface area (Å²) in [5.74, 6) is 0.433. The maximum absolute atomic E-state index is 12.0. The first-order valence-electron chi connectivity index (χ1n) is 10.0. The molecule has 7 nitrogen and oxygen atoms in total. The Hall–Kier alpha value is -3.74. The second-order valence-corrected chi connectivity index (χ2v) is 7.00. The van der Waals surface area contributed by atoms with E-state index in [0.29, 0.717) is 18.8 Å². The Morgan fingerprint density at radius 3 is 2.06 bits per heavy atom. The van der Waals surface area contributed by atoms with Crippen LogP contribution in [0.1, 0.15) is 22.5 Å². The van der Waals surface area contributed by atoms with E-state index in [1.165, 1.54) is 0 Å². The van der Waals surface area contributed by atoms with Crippen LogP contribution in [-0.2, 0) is 29.2 Å². The van der Waals surface area contributed by atoms with E-state index >= 15 is 0 Å². The Morgan fingerprint density at radius 1 is 0.871 bits per heavy atom. The first kappa shape index (κ1) is 22.0. The van der Waals surface area contributed by atoms with Gasteiger partial charge in [0.25, 0.3) is 0 Å². The van der Waals surface area contributed by atoms with Crippen molar-refractivity contribution in [3.05, 3.63) is 89.2 Å². The highest BCUT2D eigenvalue weighted by atomic mass is 16.7. The Balaban J connectivity index is 1.44. The zero-order chi connectivity index (χ0) is 22.1. The molecular formula is C24H26N2O5. The molecule has 1 N–H and O–H groups in total. The molecule has 0 aliphatic carbocycles. The van der Waals surface area contributed by atoms with E-state index in [-0.39, 0.29) is 13.2 Å². The highest BCUT2D eigenvalue weighted by Gasteiger charge is 2.15. The molecule has 1 amide bonds. The van der Waals surface area contributed by atoms with Crippen molar-refractivity contribution in [2.24, 2.45) is 0 Å². The van der Waals surface area contributed by atoms with Crippen LogP contribution in [0.5, 0.6) is 5.75 Å². The van der Waals surface area contributed by atoms with Crippen molar-refractivity contribution >= 4 is 12.2 Å². The number of aromatic nitrogens is 1. The van der Waals surface area contributed by atoms with Gasteiger partial charge >= 0.3 is 12.2 Å². The molecule has 3 rings (SSSR count). The number of rotatable bonds is 8. The first-order chi connectivity index (χ1) is 15.0. The standard InChI is InChI=1S/C24H26N2O5/c1-18-15-22(31-24(28)30-17-21-11-7-4-8-12-21)19(2)26(18)14-13-25-23(27)29-16-20-9-5-3-6-10-20/h3-12,15H,13-14,16-17H2,1-2H3,(H,25,27). The molecule has 31 heavy (non-hydrogen) atoms. The second kappa shape index (κ2) is 10.9. The summed E-state index contributed by atoms with van der Waals surface area (Å²) in [4.78, 5) is 23.9. The summed E-state index contributed by atoms with van der Waals surface area (Å²) >= 11 is 0. The van der Waals surface area contributed by atoms with Crippen molar-refractivity contribution in [3.8, 4) is 5.75 Å². The smallest absolute Gasteiger partial charge is 0.445 e. The fourth-order valence-electron chi connectivity index (χ4n) is 3.10. The molecule has 2 aromatic carbocycles. The highest BCUT2D eigenvalue weighted by molar-refractivity contribution is 5.67. The van der Waals surface area contributed by atoms with E-state index in [2.05, 4.69) is 5.32 Å². The number of hydrogen-bond donors (Lipinski definition) is 1. The van der Waals surface area contributed by atoms with E-state index in [4.69, 9.17) is 14.2 Å². The maximum Gasteiger partial charge on any atom is 0.514 e. The number of ether oxygens (including phenoxy) is 3. The van der Waals surface area contributed by atoms with Gasteiger partial charge in [0.1, 0.15) is 13.2 Å². The molecule has 0 aliphatic rings. The Morgan fingerprint density at radius 2 is 1.45 bits per heavy atom. The molecule has 3 aromatic rings. The molecule has 1 heterocycles. The van der Waals surface area contributed by atoms with Gasteiger partial charge in [-0.2, -0.15) is 0 Å². The van der Waals surface area contributed by atoms with Gasteiger partial charge in [-0.25, -0.2) is 9.59 Å². The minimum absolute atomic E-state index is 0.146. The number of aryl methyl sites for hydroxylation is 1. The van der Waals surface area contributed by atoms with Gasteiger partial charge in [-0.15, -0.1) is 0 Å². The normalized spacial score (nSPS) is 10.4. The summed E-state index contributed by atoms with van der Waals surface area (Å²) in [6.45, 7) is 5.01. The summed E-state index contributed by atoms with van der Waals surface area (Å²) in [6.07, 6.45) is -1.24. The molecule has 0 aliphatic heterocycles. The van der Waals surface area contributed by atoms with Crippen LogP contribution in [0.2, 0.25) is 0 Å². The van der Waals surface area contributed by atoms with Crippen molar-refractivity contribution in [3.63, 3.8) is 0 Å². The predicted octanol–water partition coefficient (Wildman–Crippen LogP) is 4.75. The number of alkyl carbamates (subject to hydrolysis) is 1. The van der Waals surface area contributed by atoms with Crippen molar-refractivity contribution in [1.82, 2.24) is 9.88 Å². The Labute approximate surface area is 181 Å². The van der Waals surface area contributed by atoms with E-state index in [0.717, 1.165) is 22.5 Å². The lowest BCUT2D eigenvalue weighted by molar-refractivity contribution is 0.0925. The molecule has 0 spiro atoms. The van der Waals surface area contributed by atoms with Gasteiger partial charge in [0.05, 0.1) is 5.69 Å². The van der Waals surface area contributed by atoms with Crippen LogP contribution < -0.4 is 10.1 Å². The van der Waals surface area contributed by atoms with E-state index in [1.807, 2.05) is 79.1 Å². The molecule has 7 heteroatoms. The molecular weight excluding hydrogens is 396 g/mol. The van der Waals surface area contributed by atoms with E-state index in [1.54, 1.807) is 6.07 Å². The van der Waals surface area contributed by atoms with Gasteiger partial charge in [-0.3, -0.25) is 0 Å². The highest BCUT2D eigenvalue weighted by Crippen LogP contribution is 2.23. The number of nitrogens with zero attached hydrogens (tertiary/aromatic N) is 1. The predicted molar refractivity (Wildman–Crippen MR) is 116 cm³/mol. The largest absolute Gasteiger partial charge is 0.514 e. The molecule has 0 bridgehead atoms. The summed E-state index contributed by atoms with van der Waals surface area (Å²) in [7, 11) is 0. The molecule has 0 atom stereocenters. The van der Waals surface area contributed by atoms with Gasteiger partial charge < -0.3 is 24.1 Å². The lowest BCUT2D eigenvalue weighted by atomic mass is 10.2. The summed E-state index contributed by atoms with van der Waals surface area (Å²) in [6, 6.07) is 20.7. The van der Waals surface area contributed by atoms with Crippen molar-refractivity contribution < 1.29 is 23.8 Å². The van der Waals surface area contributed by atoms with Crippen LogP contribution in [0.15, 0.2) is 66.7 Å². The lowest BCUT2D eigenvalue weighted by Gasteiger charge is -2.11. The van der Waals surface area contributed by atoms with Crippen LogP contribution in [-0.4, -0.2) is 23.4 Å². The molecule has 0 saturated heterocycles. The Kier molecular flexibility index (Phi) is 7.70. The first-order valence-corrected chi connectivity index (χ1v) is 10.0. The van der Waals surface area contributed by atoms with Crippen LogP contribution in [0.25, 0.3) is 0 Å². The number of carbonyl (C=O) groups is 2. The molecule has 0 unspecified atom stereocenters. The topological polar surface area (TPSA) is 78.8 Å².